The number of nitrogens with zero attached hydrogens (tertiary/aromatic N) is 4. The highest BCUT2D eigenvalue weighted by molar-refractivity contribution is 5.99. The number of aromatic nitrogens is 3. The Balaban J connectivity index is 1.56. The summed E-state index contributed by atoms with van der Waals surface area (Å²) in [6.07, 6.45) is 5.96. The van der Waals surface area contributed by atoms with E-state index in [1.54, 1.807) is 11.8 Å². The fourth-order valence-electron chi connectivity index (χ4n) is 4.42. The normalized spacial score (nSPS) is 13.3. The second-order valence-electron chi connectivity index (χ2n) is 8.40. The number of benzene rings is 2. The van der Waals surface area contributed by atoms with Crippen LogP contribution in [-0.2, 0) is 13.7 Å². The van der Waals surface area contributed by atoms with E-state index in [1.165, 1.54) is 0 Å². The number of hydrogen-bond donors (Lipinski definition) is 0. The second kappa shape index (κ2) is 9.47. The van der Waals surface area contributed by atoms with Gasteiger partial charge in [-0.05, 0) is 48.7 Å². The molecule has 34 heavy (non-hydrogen) atoms. The van der Waals surface area contributed by atoms with Crippen molar-refractivity contribution in [1.82, 2.24) is 19.2 Å². The fraction of sp³-hybridized carbons (Fsp3) is 0.259. The lowest BCUT2D eigenvalue weighted by Gasteiger charge is -2.17. The van der Waals surface area contributed by atoms with Gasteiger partial charge in [0.25, 0.3) is 5.91 Å². The van der Waals surface area contributed by atoms with E-state index in [9.17, 15) is 4.79 Å². The summed E-state index contributed by atoms with van der Waals surface area (Å²) in [5, 5.41) is 4.80. The molecule has 2 aromatic carbocycles. The van der Waals surface area contributed by atoms with Gasteiger partial charge in [-0.1, -0.05) is 30.3 Å². The van der Waals surface area contributed by atoms with Crippen LogP contribution in [0.1, 0.15) is 28.9 Å². The summed E-state index contributed by atoms with van der Waals surface area (Å²) in [7, 11) is 3.46. The molecule has 174 valence electrons. The van der Waals surface area contributed by atoms with E-state index in [1.807, 2.05) is 89.6 Å². The Labute approximate surface area is 199 Å². The highest BCUT2D eigenvalue weighted by Crippen LogP contribution is 2.36. The Morgan fingerprint density at radius 2 is 1.71 bits per heavy atom. The Morgan fingerprint density at radius 3 is 2.41 bits per heavy atom. The van der Waals surface area contributed by atoms with Crippen LogP contribution in [0.25, 0.3) is 16.9 Å². The standard InChI is InChI=1S/C27H28N4O3/c1-29-26(27(32)31-16-8-9-17-31)25(30-14-6-7-15-30)24(28-29)21-12-13-22(33-2)23(18-21)34-19-20-10-4-3-5-11-20/h3-7,10-15,18H,8-9,16-17,19H2,1-2H3. The third kappa shape index (κ3) is 4.17. The molecule has 0 radical (unpaired) electrons. The number of carbonyl (C=O) groups is 1. The summed E-state index contributed by atoms with van der Waals surface area (Å²) in [4.78, 5) is 15.4. The predicted molar refractivity (Wildman–Crippen MR) is 130 cm³/mol. The van der Waals surface area contributed by atoms with Gasteiger partial charge in [-0.25, -0.2) is 0 Å². The molecule has 1 saturated heterocycles. The lowest BCUT2D eigenvalue weighted by Crippen LogP contribution is -2.30. The van der Waals surface area contributed by atoms with E-state index >= 15 is 0 Å². The van der Waals surface area contributed by atoms with E-state index in [4.69, 9.17) is 14.6 Å². The second-order valence-corrected chi connectivity index (χ2v) is 8.40. The smallest absolute Gasteiger partial charge is 0.274 e. The van der Waals surface area contributed by atoms with Crippen LogP contribution in [0.15, 0.2) is 73.1 Å². The van der Waals surface area contributed by atoms with Crippen molar-refractivity contribution in [2.24, 2.45) is 7.05 Å². The molecule has 0 saturated carbocycles. The van der Waals surface area contributed by atoms with Crippen LogP contribution in [-0.4, -0.2) is 45.4 Å². The Bertz CT molecular complexity index is 1270. The minimum atomic E-state index is 0.0107. The number of methoxy groups -OCH3 is 1. The maximum absolute atomic E-state index is 13.5. The first-order valence-corrected chi connectivity index (χ1v) is 11.5. The highest BCUT2D eigenvalue weighted by Gasteiger charge is 2.29. The summed E-state index contributed by atoms with van der Waals surface area (Å²) in [5.74, 6) is 1.28. The van der Waals surface area contributed by atoms with Crippen LogP contribution < -0.4 is 9.47 Å². The van der Waals surface area contributed by atoms with Gasteiger partial charge >= 0.3 is 0 Å². The molecule has 0 unspecified atom stereocenters. The maximum Gasteiger partial charge on any atom is 0.274 e. The van der Waals surface area contributed by atoms with E-state index in [0.29, 0.717) is 29.5 Å². The zero-order valence-corrected chi connectivity index (χ0v) is 19.5. The molecule has 0 aliphatic carbocycles. The molecule has 1 amide bonds. The third-order valence-corrected chi connectivity index (χ3v) is 6.15. The maximum atomic E-state index is 13.5. The Morgan fingerprint density at radius 1 is 0.971 bits per heavy atom. The van der Waals surface area contributed by atoms with E-state index < -0.39 is 0 Å². The SMILES string of the molecule is COc1ccc(-c2nn(C)c(C(=O)N3CCCC3)c2-n2cccc2)cc1OCc1ccccc1. The number of amides is 1. The minimum absolute atomic E-state index is 0.0107. The monoisotopic (exact) mass is 456 g/mol. The van der Waals surface area contributed by atoms with E-state index in [-0.39, 0.29) is 5.91 Å². The van der Waals surface area contributed by atoms with Crippen LogP contribution in [0.2, 0.25) is 0 Å². The summed E-state index contributed by atoms with van der Waals surface area (Å²) >= 11 is 0. The number of ether oxygens (including phenoxy) is 2. The van der Waals surface area contributed by atoms with Crippen LogP contribution >= 0.6 is 0 Å². The van der Waals surface area contributed by atoms with Crippen molar-refractivity contribution in [1.29, 1.82) is 0 Å². The molecule has 0 spiro atoms. The highest BCUT2D eigenvalue weighted by atomic mass is 16.5. The lowest BCUT2D eigenvalue weighted by molar-refractivity contribution is 0.0782. The van der Waals surface area contributed by atoms with Crippen molar-refractivity contribution in [3.05, 3.63) is 84.3 Å². The van der Waals surface area contributed by atoms with Gasteiger partial charge in [0.15, 0.2) is 17.2 Å². The van der Waals surface area contributed by atoms with Gasteiger partial charge in [0.05, 0.1) is 7.11 Å². The van der Waals surface area contributed by atoms with Crippen LogP contribution in [0.5, 0.6) is 11.5 Å². The van der Waals surface area contributed by atoms with Gasteiger partial charge in [0, 0.05) is 38.1 Å². The van der Waals surface area contributed by atoms with Gasteiger partial charge in [-0.3, -0.25) is 9.48 Å². The molecule has 7 nitrogen and oxygen atoms in total. The Hall–Kier alpha value is -4.00. The van der Waals surface area contributed by atoms with Crippen molar-refractivity contribution in [2.45, 2.75) is 19.4 Å². The molecular weight excluding hydrogens is 428 g/mol. The first-order valence-electron chi connectivity index (χ1n) is 11.5. The zero-order valence-electron chi connectivity index (χ0n) is 19.5. The summed E-state index contributed by atoms with van der Waals surface area (Å²) in [6.45, 7) is 1.99. The quantitative estimate of drug-likeness (QED) is 0.404. The zero-order chi connectivity index (χ0) is 23.5. The van der Waals surface area contributed by atoms with Gasteiger partial charge in [-0.2, -0.15) is 5.10 Å². The average molecular weight is 457 g/mol. The number of hydrogen-bond acceptors (Lipinski definition) is 4. The van der Waals surface area contributed by atoms with Crippen molar-refractivity contribution in [3.8, 4) is 28.4 Å². The van der Waals surface area contributed by atoms with Crippen LogP contribution in [0, 0.1) is 0 Å². The summed E-state index contributed by atoms with van der Waals surface area (Å²) in [5.41, 5.74) is 3.98. The molecule has 0 bridgehead atoms. The molecular formula is C27H28N4O3. The molecule has 7 heteroatoms. The fourth-order valence-corrected chi connectivity index (χ4v) is 4.42. The van der Waals surface area contributed by atoms with Crippen molar-refractivity contribution in [3.63, 3.8) is 0 Å². The largest absolute Gasteiger partial charge is 0.493 e. The van der Waals surface area contributed by atoms with Gasteiger partial charge < -0.3 is 18.9 Å². The average Bonchev–Trinajstić information content (AvgIpc) is 3.64. The molecule has 3 heterocycles. The number of likely N-dealkylation sites (tertiary alicyclic amines) is 1. The van der Waals surface area contributed by atoms with Crippen molar-refractivity contribution >= 4 is 5.91 Å². The molecule has 4 aromatic rings. The first kappa shape index (κ1) is 21.8. The van der Waals surface area contributed by atoms with Crippen molar-refractivity contribution < 1.29 is 14.3 Å². The number of aryl methyl sites for hydroxylation is 1. The van der Waals surface area contributed by atoms with Gasteiger partial charge in [-0.15, -0.1) is 0 Å². The molecule has 0 atom stereocenters. The van der Waals surface area contributed by atoms with Gasteiger partial charge in [0.2, 0.25) is 0 Å². The predicted octanol–water partition coefficient (Wildman–Crippen LogP) is 4.70. The number of rotatable bonds is 7. The molecule has 1 fully saturated rings. The Kier molecular flexibility index (Phi) is 6.08. The topological polar surface area (TPSA) is 61.5 Å². The third-order valence-electron chi connectivity index (χ3n) is 6.15. The van der Waals surface area contributed by atoms with Gasteiger partial charge in [0.1, 0.15) is 18.0 Å². The molecule has 0 N–H and O–H groups in total. The summed E-state index contributed by atoms with van der Waals surface area (Å²) < 4.78 is 15.3. The van der Waals surface area contributed by atoms with E-state index in [0.717, 1.165) is 42.7 Å². The molecule has 2 aromatic heterocycles. The van der Waals surface area contributed by atoms with Crippen LogP contribution in [0.3, 0.4) is 0 Å². The molecule has 5 rings (SSSR count). The van der Waals surface area contributed by atoms with E-state index in [2.05, 4.69) is 0 Å². The lowest BCUT2D eigenvalue weighted by atomic mass is 10.1. The van der Waals surface area contributed by atoms with Crippen molar-refractivity contribution in [2.75, 3.05) is 20.2 Å². The van der Waals surface area contributed by atoms with Crippen LogP contribution in [0.4, 0.5) is 0 Å². The number of carbonyl (C=O) groups excluding carboxylic acids is 1. The summed E-state index contributed by atoms with van der Waals surface area (Å²) in [6, 6.07) is 19.7. The minimum Gasteiger partial charge on any atom is -0.493 e. The first-order chi connectivity index (χ1) is 16.7. The molecule has 1 aliphatic heterocycles. The molecule has 1 aliphatic rings.